The van der Waals surface area contributed by atoms with E-state index in [9.17, 15) is 19.7 Å². The molecule has 2 N–H and O–H groups in total. The lowest BCUT2D eigenvalue weighted by Crippen LogP contribution is -2.44. The normalized spacial score (nSPS) is 12.0. The lowest BCUT2D eigenvalue weighted by atomic mass is 10.0. The first-order valence-electron chi connectivity index (χ1n) is 6.17. The summed E-state index contributed by atoms with van der Waals surface area (Å²) in [4.78, 5) is 32.8. The fraction of sp³-hybridized carbons (Fsp3) is 0.385. The number of rotatable bonds is 6. The van der Waals surface area contributed by atoms with E-state index in [2.05, 4.69) is 5.32 Å². The van der Waals surface area contributed by atoms with Crippen LogP contribution in [0.1, 0.15) is 19.4 Å². The fourth-order valence-electron chi connectivity index (χ4n) is 1.70. The van der Waals surface area contributed by atoms with Gasteiger partial charge < -0.3 is 10.4 Å². The number of halogens is 1. The third kappa shape index (κ3) is 4.71. The first-order valence-corrected chi connectivity index (χ1v) is 6.55. The van der Waals surface area contributed by atoms with Crippen LogP contribution in [0.3, 0.4) is 0 Å². The van der Waals surface area contributed by atoms with Gasteiger partial charge in [-0.25, -0.2) is 4.79 Å². The second-order valence-corrected chi connectivity index (χ2v) is 5.24. The second kappa shape index (κ2) is 7.03. The lowest BCUT2D eigenvalue weighted by Gasteiger charge is -2.18. The Morgan fingerprint density at radius 2 is 2.05 bits per heavy atom. The minimum Gasteiger partial charge on any atom is -0.480 e. The number of hydrogen-bond donors (Lipinski definition) is 2. The van der Waals surface area contributed by atoms with Gasteiger partial charge in [0.25, 0.3) is 5.69 Å². The number of carbonyl (C=O) groups is 2. The van der Waals surface area contributed by atoms with Crippen LogP contribution in [0.15, 0.2) is 18.2 Å². The molecule has 114 valence electrons. The average molecular weight is 315 g/mol. The highest BCUT2D eigenvalue weighted by atomic mass is 35.5. The molecule has 0 fully saturated rings. The zero-order valence-corrected chi connectivity index (χ0v) is 12.3. The summed E-state index contributed by atoms with van der Waals surface area (Å²) in [6.07, 6.45) is -0.146. The summed E-state index contributed by atoms with van der Waals surface area (Å²) in [6, 6.07) is 2.78. The molecule has 0 spiro atoms. The van der Waals surface area contributed by atoms with E-state index >= 15 is 0 Å². The largest absolute Gasteiger partial charge is 0.480 e. The summed E-state index contributed by atoms with van der Waals surface area (Å²) in [5, 5.41) is 22.1. The van der Waals surface area contributed by atoms with Crippen molar-refractivity contribution in [2.75, 3.05) is 0 Å². The highest BCUT2D eigenvalue weighted by Gasteiger charge is 2.23. The van der Waals surface area contributed by atoms with Crippen LogP contribution in [-0.2, 0) is 16.0 Å². The Morgan fingerprint density at radius 1 is 1.43 bits per heavy atom. The molecule has 1 aromatic rings. The number of nitrogens with one attached hydrogen (secondary N) is 1. The average Bonchev–Trinajstić information content (AvgIpc) is 2.37. The maximum atomic E-state index is 11.8. The van der Waals surface area contributed by atoms with Crippen molar-refractivity contribution in [2.45, 2.75) is 26.3 Å². The molecule has 0 unspecified atom stereocenters. The number of amides is 1. The van der Waals surface area contributed by atoms with Crippen molar-refractivity contribution in [2.24, 2.45) is 5.92 Å². The van der Waals surface area contributed by atoms with Crippen LogP contribution >= 0.6 is 11.6 Å². The van der Waals surface area contributed by atoms with Gasteiger partial charge >= 0.3 is 5.97 Å². The molecule has 0 bridgehead atoms. The van der Waals surface area contributed by atoms with Gasteiger partial charge in [-0.05, 0) is 11.5 Å². The third-order valence-electron chi connectivity index (χ3n) is 2.85. The second-order valence-electron chi connectivity index (χ2n) is 4.84. The van der Waals surface area contributed by atoms with Gasteiger partial charge in [0.2, 0.25) is 5.91 Å². The van der Waals surface area contributed by atoms with Gasteiger partial charge in [-0.15, -0.1) is 0 Å². The molecule has 0 aliphatic heterocycles. The molecular weight excluding hydrogens is 300 g/mol. The van der Waals surface area contributed by atoms with Crippen molar-refractivity contribution in [3.8, 4) is 0 Å². The van der Waals surface area contributed by atoms with Crippen molar-refractivity contribution < 1.29 is 19.6 Å². The molecule has 0 aliphatic carbocycles. The molecule has 1 rings (SSSR count). The van der Waals surface area contributed by atoms with E-state index in [1.54, 1.807) is 13.8 Å². The SMILES string of the molecule is CC(C)[C@H](NC(=O)Cc1ccc([N+](=O)[O-])cc1Cl)C(=O)O. The van der Waals surface area contributed by atoms with Crippen LogP contribution in [0, 0.1) is 16.0 Å². The molecule has 0 heterocycles. The van der Waals surface area contributed by atoms with Crippen LogP contribution in [-0.4, -0.2) is 27.9 Å². The number of benzene rings is 1. The summed E-state index contributed by atoms with van der Waals surface area (Å²) in [7, 11) is 0. The maximum Gasteiger partial charge on any atom is 0.326 e. The Labute approximate surface area is 126 Å². The number of nitro groups is 1. The van der Waals surface area contributed by atoms with Crippen LogP contribution < -0.4 is 5.32 Å². The number of nitro benzene ring substituents is 1. The van der Waals surface area contributed by atoms with E-state index in [-0.39, 0.29) is 23.0 Å². The molecule has 0 saturated heterocycles. The van der Waals surface area contributed by atoms with E-state index in [0.29, 0.717) is 5.56 Å². The van der Waals surface area contributed by atoms with Gasteiger partial charge in [-0.2, -0.15) is 0 Å². The summed E-state index contributed by atoms with van der Waals surface area (Å²) < 4.78 is 0. The topological polar surface area (TPSA) is 110 Å². The number of nitrogens with zero attached hydrogens (tertiary/aromatic N) is 1. The Bertz CT molecular complexity index is 574. The molecule has 0 radical (unpaired) electrons. The third-order valence-corrected chi connectivity index (χ3v) is 3.20. The fourth-order valence-corrected chi connectivity index (χ4v) is 1.95. The molecular formula is C13H15ClN2O5. The van der Waals surface area contributed by atoms with Gasteiger partial charge in [0.05, 0.1) is 16.4 Å². The Morgan fingerprint density at radius 3 is 2.48 bits per heavy atom. The summed E-state index contributed by atoms with van der Waals surface area (Å²) >= 11 is 5.88. The van der Waals surface area contributed by atoms with Gasteiger partial charge in [0.15, 0.2) is 0 Å². The lowest BCUT2D eigenvalue weighted by molar-refractivity contribution is -0.384. The zero-order chi connectivity index (χ0) is 16.2. The van der Waals surface area contributed by atoms with Crippen LogP contribution in [0.25, 0.3) is 0 Å². The van der Waals surface area contributed by atoms with Gasteiger partial charge in [-0.1, -0.05) is 31.5 Å². The van der Waals surface area contributed by atoms with Gasteiger partial charge in [-0.3, -0.25) is 14.9 Å². The van der Waals surface area contributed by atoms with E-state index in [0.717, 1.165) is 6.07 Å². The zero-order valence-electron chi connectivity index (χ0n) is 11.5. The first kappa shape index (κ1) is 16.9. The predicted octanol–water partition coefficient (Wildman–Crippen LogP) is 2.02. The number of carbonyl (C=O) groups excluding carboxylic acids is 1. The van der Waals surface area contributed by atoms with Crippen molar-refractivity contribution in [1.29, 1.82) is 0 Å². The van der Waals surface area contributed by atoms with E-state index in [4.69, 9.17) is 16.7 Å². The molecule has 0 aliphatic rings. The van der Waals surface area contributed by atoms with Gasteiger partial charge in [0, 0.05) is 12.1 Å². The minimum atomic E-state index is -1.12. The number of hydrogen-bond acceptors (Lipinski definition) is 4. The van der Waals surface area contributed by atoms with Crippen molar-refractivity contribution in [3.63, 3.8) is 0 Å². The number of carboxylic acids is 1. The van der Waals surface area contributed by atoms with Crippen LogP contribution in [0.2, 0.25) is 5.02 Å². The van der Waals surface area contributed by atoms with Crippen molar-refractivity contribution >= 4 is 29.2 Å². The van der Waals surface area contributed by atoms with Gasteiger partial charge in [0.1, 0.15) is 6.04 Å². The number of carboxylic acid groups (broad SMARTS) is 1. The molecule has 1 aromatic carbocycles. The van der Waals surface area contributed by atoms with Crippen LogP contribution in [0.4, 0.5) is 5.69 Å². The maximum absolute atomic E-state index is 11.8. The van der Waals surface area contributed by atoms with Crippen LogP contribution in [0.5, 0.6) is 0 Å². The highest BCUT2D eigenvalue weighted by molar-refractivity contribution is 6.31. The Hall–Kier alpha value is -2.15. The first-order chi connectivity index (χ1) is 9.72. The smallest absolute Gasteiger partial charge is 0.326 e. The van der Waals surface area contributed by atoms with E-state index in [1.165, 1.54) is 12.1 Å². The monoisotopic (exact) mass is 314 g/mol. The quantitative estimate of drug-likeness (QED) is 0.616. The molecule has 0 aromatic heterocycles. The molecule has 8 heteroatoms. The molecule has 1 amide bonds. The summed E-state index contributed by atoms with van der Waals surface area (Å²) in [5.74, 6) is -1.89. The molecule has 0 saturated carbocycles. The Kier molecular flexibility index (Phi) is 5.66. The summed E-state index contributed by atoms with van der Waals surface area (Å²) in [5.41, 5.74) is 0.224. The number of non-ortho nitro benzene ring substituents is 1. The Balaban J connectivity index is 2.79. The van der Waals surface area contributed by atoms with E-state index in [1.807, 2.05) is 0 Å². The summed E-state index contributed by atoms with van der Waals surface area (Å²) in [6.45, 7) is 3.36. The highest BCUT2D eigenvalue weighted by Crippen LogP contribution is 2.22. The predicted molar refractivity (Wildman–Crippen MR) is 76.2 cm³/mol. The minimum absolute atomic E-state index is 0.0933. The van der Waals surface area contributed by atoms with Crippen molar-refractivity contribution in [1.82, 2.24) is 5.32 Å². The van der Waals surface area contributed by atoms with Crippen molar-refractivity contribution in [3.05, 3.63) is 38.9 Å². The standard InChI is InChI=1S/C13H15ClN2O5/c1-7(2)12(13(18)19)15-11(17)5-8-3-4-9(16(20)21)6-10(8)14/h3-4,6-7,12H,5H2,1-2H3,(H,15,17)(H,18,19)/t12-/m0/s1. The van der Waals surface area contributed by atoms with E-state index < -0.39 is 22.8 Å². The molecule has 1 atom stereocenters. The molecule has 7 nitrogen and oxygen atoms in total. The number of aliphatic carboxylic acids is 1. The molecule has 21 heavy (non-hydrogen) atoms.